The molecule has 2 N–H and O–H groups in total. The van der Waals surface area contributed by atoms with Crippen LogP contribution in [0.15, 0.2) is 75.8 Å². The molecular weight excluding hydrogens is 449 g/mol. The maximum Gasteiger partial charge on any atom is 1.00 e. The van der Waals surface area contributed by atoms with E-state index < -0.39 is 31.4 Å². The number of phenolic OH excluding ortho intramolecular Hbond substituents is 2. The summed E-state index contributed by atoms with van der Waals surface area (Å²) in [5.41, 5.74) is -0.560. The van der Waals surface area contributed by atoms with Gasteiger partial charge in [0.15, 0.2) is 0 Å². The topological polar surface area (TPSA) is 166 Å². The van der Waals surface area contributed by atoms with Gasteiger partial charge in [0.05, 0.1) is 9.82 Å². The Balaban J connectivity index is 0.00000289. The Morgan fingerprint density at radius 1 is 0.812 bits per heavy atom. The van der Waals surface area contributed by atoms with Crippen LogP contribution in [-0.4, -0.2) is 28.1 Å². The first-order chi connectivity index (χ1) is 14.7. The molecule has 0 radical (unpaired) electrons. The van der Waals surface area contributed by atoms with Crippen LogP contribution in [0.4, 0.5) is 17.1 Å². The van der Waals surface area contributed by atoms with Gasteiger partial charge in [-0.15, -0.1) is 10.2 Å². The number of phenols is 2. The third kappa shape index (κ3) is 4.29. The van der Waals surface area contributed by atoms with Gasteiger partial charge in [0.25, 0.3) is 5.69 Å². The Morgan fingerprint density at radius 3 is 2.12 bits per heavy atom. The molecule has 32 heavy (non-hydrogen) atoms. The summed E-state index contributed by atoms with van der Waals surface area (Å²) in [4.78, 5) is 9.52. The van der Waals surface area contributed by atoms with Crippen molar-refractivity contribution in [2.24, 2.45) is 10.2 Å². The van der Waals surface area contributed by atoms with E-state index in [1.807, 2.05) is 0 Å². The first kappa shape index (κ1) is 23.6. The molecule has 4 rings (SSSR count). The largest absolute Gasteiger partial charge is 1.00 e. The number of benzene rings is 4. The first-order valence-electron chi connectivity index (χ1n) is 8.69. The Bertz CT molecular complexity index is 1520. The molecule has 156 valence electrons. The summed E-state index contributed by atoms with van der Waals surface area (Å²) >= 11 is 0. The SMILES string of the molecule is O=[N+]([O-])c1ccc2c(N=Nc3c(O)ccc4ccccc34)c(O)cc(S(=O)(=O)[O-])c2c1.[Na+]. The summed E-state index contributed by atoms with van der Waals surface area (Å²) in [5, 5.41) is 40.6. The van der Waals surface area contributed by atoms with Crippen molar-refractivity contribution in [3.63, 3.8) is 0 Å². The van der Waals surface area contributed by atoms with E-state index in [0.29, 0.717) is 11.5 Å². The van der Waals surface area contributed by atoms with Gasteiger partial charge in [0.2, 0.25) is 0 Å². The van der Waals surface area contributed by atoms with Crippen molar-refractivity contribution in [2.75, 3.05) is 0 Å². The molecule has 0 aromatic heterocycles. The normalized spacial score (nSPS) is 11.7. The minimum atomic E-state index is -5.06. The second kappa shape index (κ2) is 8.81. The number of aromatic hydroxyl groups is 2. The molecule has 0 fully saturated rings. The van der Waals surface area contributed by atoms with Gasteiger partial charge in [-0.05, 0) is 17.5 Å². The third-order valence-corrected chi connectivity index (χ3v) is 5.52. The van der Waals surface area contributed by atoms with Crippen LogP contribution in [-0.2, 0) is 10.1 Å². The predicted molar refractivity (Wildman–Crippen MR) is 110 cm³/mol. The minimum absolute atomic E-state index is 0. The Kier molecular flexibility index (Phi) is 6.49. The number of non-ortho nitro benzene ring substituents is 1. The molecule has 0 atom stereocenters. The van der Waals surface area contributed by atoms with E-state index in [4.69, 9.17) is 0 Å². The van der Waals surface area contributed by atoms with Gasteiger partial charge in [-0.3, -0.25) is 10.1 Å². The van der Waals surface area contributed by atoms with Crippen molar-refractivity contribution < 1.29 is 57.7 Å². The molecule has 0 bridgehead atoms. The summed E-state index contributed by atoms with van der Waals surface area (Å²) in [6.45, 7) is 0. The summed E-state index contributed by atoms with van der Waals surface area (Å²) in [5.74, 6) is -0.847. The number of nitrogens with zero attached hydrogens (tertiary/aromatic N) is 3. The summed E-state index contributed by atoms with van der Waals surface area (Å²) < 4.78 is 34.9. The van der Waals surface area contributed by atoms with Gasteiger partial charge in [-0.1, -0.05) is 30.3 Å². The van der Waals surface area contributed by atoms with Gasteiger partial charge in [0.1, 0.15) is 33.0 Å². The quantitative estimate of drug-likeness (QED) is 0.153. The number of nitro benzene ring substituents is 1. The number of hydrogen-bond acceptors (Lipinski definition) is 9. The fourth-order valence-electron chi connectivity index (χ4n) is 3.23. The van der Waals surface area contributed by atoms with E-state index in [9.17, 15) is 33.3 Å². The zero-order chi connectivity index (χ0) is 22.3. The summed E-state index contributed by atoms with van der Waals surface area (Å²) in [6, 6.07) is 14.0. The summed E-state index contributed by atoms with van der Waals surface area (Å²) in [6.07, 6.45) is 0. The second-order valence-corrected chi connectivity index (χ2v) is 7.89. The fourth-order valence-corrected chi connectivity index (χ4v) is 3.92. The van der Waals surface area contributed by atoms with Crippen LogP contribution in [0.3, 0.4) is 0 Å². The van der Waals surface area contributed by atoms with Crippen molar-refractivity contribution >= 4 is 48.7 Å². The maximum atomic E-state index is 11.6. The standard InChI is InChI=1S/C20H13N3O7S.Na/c24-16-8-5-11-3-1-2-4-13(11)19(16)21-22-20-14-7-6-12(23(26)27)9-15(14)18(10-17(20)25)31(28,29)30;/h1-10,24-25H,(H,28,29,30);/q;+1/p-1. The Morgan fingerprint density at radius 2 is 1.47 bits per heavy atom. The second-order valence-electron chi connectivity index (χ2n) is 6.54. The molecule has 0 unspecified atom stereocenters. The fraction of sp³-hybridized carbons (Fsp3) is 0. The van der Waals surface area contributed by atoms with Crippen LogP contribution in [0.5, 0.6) is 11.5 Å². The summed E-state index contributed by atoms with van der Waals surface area (Å²) in [7, 11) is -5.06. The van der Waals surface area contributed by atoms with E-state index in [1.54, 1.807) is 30.3 Å². The molecule has 0 aliphatic rings. The third-order valence-electron chi connectivity index (χ3n) is 4.64. The molecule has 4 aromatic rings. The van der Waals surface area contributed by atoms with E-state index >= 15 is 0 Å². The molecule has 0 spiro atoms. The average Bonchev–Trinajstić information content (AvgIpc) is 2.72. The van der Waals surface area contributed by atoms with Crippen LogP contribution < -0.4 is 29.6 Å². The zero-order valence-electron chi connectivity index (χ0n) is 16.5. The van der Waals surface area contributed by atoms with Crippen molar-refractivity contribution in [3.05, 3.63) is 70.8 Å². The van der Waals surface area contributed by atoms with Crippen LogP contribution in [0, 0.1) is 10.1 Å². The predicted octanol–water partition coefficient (Wildman–Crippen LogP) is 1.64. The molecule has 0 aliphatic heterocycles. The number of fused-ring (bicyclic) bond motifs is 2. The number of hydrogen-bond donors (Lipinski definition) is 2. The van der Waals surface area contributed by atoms with Gasteiger partial charge < -0.3 is 14.8 Å². The van der Waals surface area contributed by atoms with Gasteiger partial charge in [-0.2, -0.15) is 0 Å². The zero-order valence-corrected chi connectivity index (χ0v) is 19.3. The number of azo groups is 1. The molecule has 4 aromatic carbocycles. The monoisotopic (exact) mass is 461 g/mol. The van der Waals surface area contributed by atoms with Gasteiger partial charge >= 0.3 is 29.6 Å². The molecule has 12 heteroatoms. The molecule has 0 aliphatic carbocycles. The molecule has 0 heterocycles. The van der Waals surface area contributed by atoms with Crippen molar-refractivity contribution in [1.29, 1.82) is 0 Å². The van der Waals surface area contributed by atoms with Gasteiger partial charge in [-0.25, -0.2) is 8.42 Å². The molecule has 0 saturated carbocycles. The van der Waals surface area contributed by atoms with Crippen molar-refractivity contribution in [3.8, 4) is 11.5 Å². The number of nitro groups is 1. The minimum Gasteiger partial charge on any atom is -0.744 e. The molecule has 0 saturated heterocycles. The number of rotatable bonds is 4. The first-order valence-corrected chi connectivity index (χ1v) is 10.1. The Hall–Kier alpha value is -3.09. The van der Waals surface area contributed by atoms with Crippen molar-refractivity contribution in [2.45, 2.75) is 4.90 Å². The van der Waals surface area contributed by atoms with Crippen LogP contribution in [0.2, 0.25) is 0 Å². The molecule has 0 amide bonds. The maximum absolute atomic E-state index is 11.6. The Labute approximate surface area is 203 Å². The molecule has 10 nitrogen and oxygen atoms in total. The van der Waals surface area contributed by atoms with E-state index in [1.165, 1.54) is 12.1 Å². The van der Waals surface area contributed by atoms with Gasteiger partial charge in [0, 0.05) is 34.4 Å². The van der Waals surface area contributed by atoms with Crippen LogP contribution in [0.25, 0.3) is 21.5 Å². The van der Waals surface area contributed by atoms with E-state index in [2.05, 4.69) is 10.2 Å². The van der Waals surface area contributed by atoms with Crippen molar-refractivity contribution in [1.82, 2.24) is 0 Å². The van der Waals surface area contributed by atoms with Crippen LogP contribution >= 0.6 is 0 Å². The van der Waals surface area contributed by atoms with E-state index in [-0.39, 0.29) is 57.5 Å². The van der Waals surface area contributed by atoms with Crippen LogP contribution in [0.1, 0.15) is 0 Å². The smallest absolute Gasteiger partial charge is 0.744 e. The molecular formula is C20H12N3NaO7S. The average molecular weight is 461 g/mol. The van der Waals surface area contributed by atoms with E-state index in [0.717, 1.165) is 17.5 Å².